The molecular formula is C35H58N6O5. The topological polar surface area (TPSA) is 116 Å². The van der Waals surface area contributed by atoms with E-state index in [1.165, 1.54) is 7.05 Å². The Bertz CT molecular complexity index is 1140. The van der Waals surface area contributed by atoms with Crippen molar-refractivity contribution in [1.82, 2.24) is 25.3 Å². The number of likely N-dealkylation sites (tertiary alicyclic amines) is 2. The second-order valence-corrected chi connectivity index (χ2v) is 12.9. The molecule has 2 fully saturated rings. The second-order valence-electron chi connectivity index (χ2n) is 12.9. The Hall–Kier alpha value is -3.28. The summed E-state index contributed by atoms with van der Waals surface area (Å²) in [7, 11) is 3.43. The van der Waals surface area contributed by atoms with Crippen LogP contribution >= 0.6 is 0 Å². The first-order valence-electron chi connectivity index (χ1n) is 16.6. The molecule has 2 rings (SSSR count). The Balaban J connectivity index is 1.96. The summed E-state index contributed by atoms with van der Waals surface area (Å²) >= 11 is 0. The number of rotatable bonds is 15. The molecule has 0 aromatic rings. The van der Waals surface area contributed by atoms with Gasteiger partial charge >= 0.3 is 6.09 Å². The van der Waals surface area contributed by atoms with Crippen molar-refractivity contribution in [2.45, 2.75) is 84.5 Å². The van der Waals surface area contributed by atoms with Gasteiger partial charge in [-0.2, -0.15) is 0 Å². The third kappa shape index (κ3) is 13.6. The van der Waals surface area contributed by atoms with Crippen molar-refractivity contribution in [2.75, 3.05) is 66.5 Å². The number of aliphatic imine (C=N–C) groups is 1. The third-order valence-electron chi connectivity index (χ3n) is 8.01. The van der Waals surface area contributed by atoms with Crippen LogP contribution in [0.3, 0.4) is 0 Å². The van der Waals surface area contributed by atoms with E-state index in [-0.39, 0.29) is 35.4 Å². The summed E-state index contributed by atoms with van der Waals surface area (Å²) in [5.74, 6) is -0.0987. The van der Waals surface area contributed by atoms with Crippen LogP contribution in [0.5, 0.6) is 0 Å². The minimum atomic E-state index is -0.711. The highest BCUT2D eigenvalue weighted by atomic mass is 16.6. The monoisotopic (exact) mass is 642 g/mol. The maximum absolute atomic E-state index is 13.7. The van der Waals surface area contributed by atoms with Crippen LogP contribution in [0, 0.1) is 0 Å². The van der Waals surface area contributed by atoms with Crippen LogP contribution < -0.4 is 10.6 Å². The van der Waals surface area contributed by atoms with E-state index in [1.54, 1.807) is 37.8 Å². The zero-order chi connectivity index (χ0) is 34.3. The summed E-state index contributed by atoms with van der Waals surface area (Å²) < 4.78 is 11.9. The molecule has 0 saturated carbocycles. The molecule has 0 bridgehead atoms. The highest BCUT2D eigenvalue weighted by Crippen LogP contribution is 2.22. The average molecular weight is 643 g/mol. The lowest BCUT2D eigenvalue weighted by molar-refractivity contribution is -0.134. The number of hydrogen-bond acceptors (Lipinski definition) is 8. The van der Waals surface area contributed by atoms with Crippen LogP contribution in [0.25, 0.3) is 0 Å². The van der Waals surface area contributed by atoms with Crippen LogP contribution in [0.2, 0.25) is 0 Å². The van der Waals surface area contributed by atoms with Crippen molar-refractivity contribution in [3.8, 4) is 0 Å². The molecule has 2 N–H and O–H groups in total. The van der Waals surface area contributed by atoms with Gasteiger partial charge in [-0.25, -0.2) is 4.79 Å². The number of nitrogens with zero attached hydrogens (tertiary/aromatic N) is 4. The Morgan fingerprint density at radius 3 is 2.13 bits per heavy atom. The van der Waals surface area contributed by atoms with Crippen LogP contribution in [-0.2, 0) is 19.1 Å². The van der Waals surface area contributed by atoms with Crippen molar-refractivity contribution >= 4 is 23.6 Å². The maximum atomic E-state index is 13.7. The van der Waals surface area contributed by atoms with Gasteiger partial charge in [-0.3, -0.25) is 24.8 Å². The third-order valence-corrected chi connectivity index (χ3v) is 8.01. The average Bonchev–Trinajstić information content (AvgIpc) is 3.00. The Morgan fingerprint density at radius 2 is 1.61 bits per heavy atom. The van der Waals surface area contributed by atoms with Gasteiger partial charge in [0.15, 0.2) is 0 Å². The van der Waals surface area contributed by atoms with E-state index >= 15 is 0 Å². The molecule has 11 heteroatoms. The lowest BCUT2D eigenvalue weighted by Gasteiger charge is -2.37. The summed E-state index contributed by atoms with van der Waals surface area (Å²) in [6, 6.07) is 0. The van der Waals surface area contributed by atoms with E-state index < -0.39 is 11.7 Å². The van der Waals surface area contributed by atoms with Crippen LogP contribution in [-0.4, -0.2) is 123 Å². The largest absolute Gasteiger partial charge is 0.444 e. The van der Waals surface area contributed by atoms with Gasteiger partial charge in [0, 0.05) is 52.9 Å². The predicted molar refractivity (Wildman–Crippen MR) is 185 cm³/mol. The number of likely N-dealkylation sites (N-methyl/N-ethyl adjacent to an activating group) is 2. The highest BCUT2D eigenvalue weighted by molar-refractivity contribution is 6.45. The quantitative estimate of drug-likeness (QED) is 0.204. The number of carbonyl (C=O) groups excluding carboxylic acids is 3. The number of alkyl carbamates (subject to hydrolysis) is 1. The van der Waals surface area contributed by atoms with Gasteiger partial charge in [0.25, 0.3) is 5.91 Å². The standard InChI is InChI=1S/C35H58N6O5/c1-10-26(3)12-13-27(4)24-30(38-34(44)46-35(5,6)7)32(37-9)33(43)41-21-16-29(17-22-41)45-28-14-19-39(20-15-28)25-31(42)40(11-2)23-18-36-8/h12-13,24,28-29,36H,3-4,10-11,14-23,25H2,1-2,5-9H3,(H,38,44)/b13-12+,30-24+,37-32?. The van der Waals surface area contributed by atoms with Gasteiger partial charge in [0.2, 0.25) is 5.91 Å². The molecule has 2 aliphatic heterocycles. The lowest BCUT2D eigenvalue weighted by Crippen LogP contribution is -2.48. The van der Waals surface area contributed by atoms with Gasteiger partial charge in [-0.05, 0) is 78.5 Å². The fourth-order valence-electron chi connectivity index (χ4n) is 5.30. The van der Waals surface area contributed by atoms with Crippen LogP contribution in [0.4, 0.5) is 4.79 Å². The SMILES string of the molecule is C=C(/C=C/C(=C)CC)/C=C(/NC(=O)OC(C)(C)C)C(=NC)C(=O)N1CCC(OC2CCN(CC(=O)N(CC)CCNC)CC2)CC1. The number of ether oxygens (including phenoxy) is 2. The molecule has 0 spiro atoms. The van der Waals surface area contributed by atoms with E-state index in [4.69, 9.17) is 9.47 Å². The molecular weight excluding hydrogens is 584 g/mol. The number of hydrogen-bond donors (Lipinski definition) is 2. The van der Waals surface area contributed by atoms with E-state index in [9.17, 15) is 14.4 Å². The minimum Gasteiger partial charge on any atom is -0.444 e. The number of piperidine rings is 2. The smallest absolute Gasteiger partial charge is 0.412 e. The summed E-state index contributed by atoms with van der Waals surface area (Å²) in [6.45, 7) is 22.8. The summed E-state index contributed by atoms with van der Waals surface area (Å²) in [5, 5.41) is 5.83. The number of carbonyl (C=O) groups is 3. The molecule has 11 nitrogen and oxygen atoms in total. The molecule has 3 amide bonds. The van der Waals surface area contributed by atoms with E-state index in [1.807, 2.05) is 31.9 Å². The molecule has 2 aliphatic rings. The first-order valence-corrected chi connectivity index (χ1v) is 16.6. The molecule has 46 heavy (non-hydrogen) atoms. The minimum absolute atomic E-state index is 0.0628. The number of nitrogens with one attached hydrogen (secondary N) is 2. The molecule has 0 atom stereocenters. The first-order chi connectivity index (χ1) is 21.8. The Morgan fingerprint density at radius 1 is 1.00 bits per heavy atom. The molecule has 2 saturated heterocycles. The summed E-state index contributed by atoms with van der Waals surface area (Å²) in [4.78, 5) is 49.3. The van der Waals surface area contributed by atoms with Crippen molar-refractivity contribution in [1.29, 1.82) is 0 Å². The lowest BCUT2D eigenvalue weighted by atomic mass is 10.0. The molecule has 0 aromatic carbocycles. The van der Waals surface area contributed by atoms with Gasteiger partial charge in [0.05, 0.1) is 24.4 Å². The fraction of sp³-hybridized carbons (Fsp3) is 0.657. The van der Waals surface area contributed by atoms with E-state index in [2.05, 4.69) is 33.7 Å². The van der Waals surface area contributed by atoms with Crippen molar-refractivity contribution < 1.29 is 23.9 Å². The summed E-state index contributed by atoms with van der Waals surface area (Å²) in [6.07, 6.45) is 8.80. The van der Waals surface area contributed by atoms with Crippen molar-refractivity contribution in [3.63, 3.8) is 0 Å². The van der Waals surface area contributed by atoms with E-state index in [0.717, 1.165) is 51.0 Å². The molecule has 258 valence electrons. The predicted octanol–water partition coefficient (Wildman–Crippen LogP) is 4.08. The van der Waals surface area contributed by atoms with Gasteiger partial charge in [-0.1, -0.05) is 37.8 Å². The zero-order valence-electron chi connectivity index (χ0n) is 29.3. The second kappa shape index (κ2) is 19.4. The molecule has 0 aliphatic carbocycles. The first kappa shape index (κ1) is 38.9. The highest BCUT2D eigenvalue weighted by Gasteiger charge is 2.31. The number of allylic oxidation sites excluding steroid dienone is 5. The Labute approximate surface area is 276 Å². The van der Waals surface area contributed by atoms with E-state index in [0.29, 0.717) is 44.6 Å². The normalized spacial score (nSPS) is 17.7. The van der Waals surface area contributed by atoms with Gasteiger partial charge < -0.3 is 24.6 Å². The van der Waals surface area contributed by atoms with Crippen LogP contribution in [0.15, 0.2) is 53.2 Å². The van der Waals surface area contributed by atoms with Crippen LogP contribution in [0.1, 0.15) is 66.7 Å². The number of amides is 3. The van der Waals surface area contributed by atoms with Crippen molar-refractivity contribution in [3.05, 3.63) is 48.2 Å². The molecule has 0 aromatic heterocycles. The fourth-order valence-corrected chi connectivity index (χ4v) is 5.30. The maximum Gasteiger partial charge on any atom is 0.412 e. The Kier molecular flexibility index (Phi) is 16.4. The molecule has 0 radical (unpaired) electrons. The molecule has 0 unspecified atom stereocenters. The zero-order valence-corrected chi connectivity index (χ0v) is 29.3. The van der Waals surface area contributed by atoms with Crippen molar-refractivity contribution in [2.24, 2.45) is 4.99 Å². The van der Waals surface area contributed by atoms with Gasteiger partial charge in [-0.15, -0.1) is 0 Å². The summed E-state index contributed by atoms with van der Waals surface area (Å²) in [5.41, 5.74) is 1.15. The van der Waals surface area contributed by atoms with Gasteiger partial charge in [0.1, 0.15) is 11.3 Å². The molecule has 2 heterocycles.